The van der Waals surface area contributed by atoms with Gasteiger partial charge in [0.2, 0.25) is 11.0 Å². The van der Waals surface area contributed by atoms with Gasteiger partial charge in [0.25, 0.3) is 0 Å². The van der Waals surface area contributed by atoms with Crippen molar-refractivity contribution in [3.8, 4) is 0 Å². The van der Waals surface area contributed by atoms with Crippen LogP contribution in [0.5, 0.6) is 0 Å². The van der Waals surface area contributed by atoms with E-state index < -0.39 is 0 Å². The Balaban J connectivity index is 1.85. The molecule has 1 aromatic carbocycles. The average Bonchev–Trinajstić information content (AvgIpc) is 2.73. The predicted octanol–water partition coefficient (Wildman–Crippen LogP) is 2.61. The minimum absolute atomic E-state index is 0.0909. The van der Waals surface area contributed by atoms with Crippen molar-refractivity contribution >= 4 is 55.8 Å². The number of anilines is 2. The van der Waals surface area contributed by atoms with Crippen molar-refractivity contribution in [3.63, 3.8) is 0 Å². The second-order valence-corrected chi connectivity index (χ2v) is 6.40. The topological polar surface area (TPSA) is 80.9 Å². The molecule has 2 rings (SSSR count). The molecule has 0 aliphatic carbocycles. The molecule has 0 spiro atoms. The summed E-state index contributed by atoms with van der Waals surface area (Å²) in [4.78, 5) is 11.7. The van der Waals surface area contributed by atoms with Crippen LogP contribution in [-0.2, 0) is 4.79 Å². The van der Waals surface area contributed by atoms with E-state index in [1.54, 1.807) is 0 Å². The lowest BCUT2D eigenvalue weighted by molar-refractivity contribution is -0.113. The quantitative estimate of drug-likeness (QED) is 0.833. The van der Waals surface area contributed by atoms with E-state index in [1.807, 2.05) is 24.3 Å². The molecule has 0 atom stereocenters. The van der Waals surface area contributed by atoms with Gasteiger partial charge in [-0.1, -0.05) is 45.1 Å². The summed E-state index contributed by atoms with van der Waals surface area (Å²) in [5, 5.41) is 10.7. The summed E-state index contributed by atoms with van der Waals surface area (Å²) in [6.07, 6.45) is 0. The average molecular weight is 345 g/mol. The molecular weight excluding hydrogens is 336 g/mol. The fourth-order valence-electron chi connectivity index (χ4n) is 1.17. The van der Waals surface area contributed by atoms with Crippen LogP contribution >= 0.6 is 39.0 Å². The van der Waals surface area contributed by atoms with Crippen LogP contribution < -0.4 is 11.1 Å². The van der Waals surface area contributed by atoms with E-state index in [2.05, 4.69) is 31.4 Å². The Morgan fingerprint density at radius 2 is 2.33 bits per heavy atom. The zero-order chi connectivity index (χ0) is 13.0. The van der Waals surface area contributed by atoms with E-state index in [0.717, 1.165) is 10.2 Å². The van der Waals surface area contributed by atoms with Gasteiger partial charge in [0.05, 0.1) is 5.75 Å². The number of benzene rings is 1. The number of nitrogens with two attached hydrogens (primary N) is 1. The van der Waals surface area contributed by atoms with Gasteiger partial charge in [0.1, 0.15) is 0 Å². The largest absolute Gasteiger partial charge is 0.374 e. The number of aromatic nitrogens is 2. The molecule has 0 bridgehead atoms. The number of hydrogen-bond donors (Lipinski definition) is 2. The maximum atomic E-state index is 11.7. The number of thioether (sulfide) groups is 1. The van der Waals surface area contributed by atoms with Crippen molar-refractivity contribution in [2.45, 2.75) is 4.34 Å². The van der Waals surface area contributed by atoms with Gasteiger partial charge in [-0.2, -0.15) is 0 Å². The van der Waals surface area contributed by atoms with E-state index in [0.29, 0.717) is 9.47 Å². The summed E-state index contributed by atoms with van der Waals surface area (Å²) in [6, 6.07) is 7.43. The highest BCUT2D eigenvalue weighted by molar-refractivity contribution is 9.10. The van der Waals surface area contributed by atoms with Crippen molar-refractivity contribution in [3.05, 3.63) is 28.7 Å². The van der Waals surface area contributed by atoms with E-state index in [-0.39, 0.29) is 11.7 Å². The summed E-state index contributed by atoms with van der Waals surface area (Å²) < 4.78 is 1.61. The number of halogens is 1. The molecule has 0 saturated carbocycles. The van der Waals surface area contributed by atoms with Crippen molar-refractivity contribution in [1.29, 1.82) is 0 Å². The second kappa shape index (κ2) is 6.17. The highest BCUT2D eigenvalue weighted by Crippen LogP contribution is 2.23. The van der Waals surface area contributed by atoms with E-state index >= 15 is 0 Å². The molecule has 3 N–H and O–H groups in total. The van der Waals surface area contributed by atoms with Crippen molar-refractivity contribution in [1.82, 2.24) is 10.2 Å². The van der Waals surface area contributed by atoms with Crippen molar-refractivity contribution < 1.29 is 4.79 Å². The summed E-state index contributed by atoms with van der Waals surface area (Å²) in [5.74, 6) is 0.188. The molecule has 0 aliphatic heterocycles. The number of nitrogens with one attached hydrogen (secondary N) is 1. The maximum Gasteiger partial charge on any atom is 0.234 e. The van der Waals surface area contributed by atoms with Gasteiger partial charge in [-0.15, -0.1) is 10.2 Å². The van der Waals surface area contributed by atoms with E-state index in [4.69, 9.17) is 5.73 Å². The Bertz CT molecular complexity index is 560. The Hall–Kier alpha value is -1.12. The normalized spacial score (nSPS) is 10.3. The van der Waals surface area contributed by atoms with Gasteiger partial charge in [-0.05, 0) is 18.2 Å². The molecule has 5 nitrogen and oxygen atoms in total. The zero-order valence-corrected chi connectivity index (χ0v) is 12.3. The fourth-order valence-corrected chi connectivity index (χ4v) is 3.00. The SMILES string of the molecule is Nc1nnc(SCC(=O)Nc2cccc(Br)c2)s1. The van der Waals surface area contributed by atoms with Crippen molar-refractivity contribution in [2.24, 2.45) is 0 Å². The van der Waals surface area contributed by atoms with Crippen LogP contribution in [0.2, 0.25) is 0 Å². The number of nitrogen functional groups attached to an aromatic ring is 1. The number of nitrogens with zero attached hydrogens (tertiary/aromatic N) is 2. The molecule has 0 saturated heterocycles. The summed E-state index contributed by atoms with van der Waals surface area (Å²) >= 11 is 5.93. The molecule has 0 fully saturated rings. The van der Waals surface area contributed by atoms with Crippen LogP contribution in [0.3, 0.4) is 0 Å². The molecule has 2 aromatic rings. The molecule has 0 aliphatic rings. The predicted molar refractivity (Wildman–Crippen MR) is 77.8 cm³/mol. The minimum Gasteiger partial charge on any atom is -0.374 e. The maximum absolute atomic E-state index is 11.7. The zero-order valence-electron chi connectivity index (χ0n) is 9.09. The third-order valence-electron chi connectivity index (χ3n) is 1.86. The summed E-state index contributed by atoms with van der Waals surface area (Å²) in [5.41, 5.74) is 6.21. The molecule has 0 radical (unpaired) electrons. The number of carbonyl (C=O) groups is 1. The lowest BCUT2D eigenvalue weighted by Gasteiger charge is -2.04. The monoisotopic (exact) mass is 344 g/mol. The summed E-state index contributed by atoms with van der Waals surface area (Å²) in [7, 11) is 0. The lowest BCUT2D eigenvalue weighted by atomic mass is 10.3. The van der Waals surface area contributed by atoms with Crippen LogP contribution in [0.15, 0.2) is 33.1 Å². The van der Waals surface area contributed by atoms with Gasteiger partial charge in [0.15, 0.2) is 4.34 Å². The molecule has 1 amide bonds. The first-order valence-electron chi connectivity index (χ1n) is 4.90. The molecule has 0 unspecified atom stereocenters. The molecule has 8 heteroatoms. The highest BCUT2D eigenvalue weighted by Gasteiger charge is 2.07. The number of amides is 1. The van der Waals surface area contributed by atoms with E-state index in [1.165, 1.54) is 23.1 Å². The van der Waals surface area contributed by atoms with Crippen molar-refractivity contribution in [2.75, 3.05) is 16.8 Å². The minimum atomic E-state index is -0.0909. The third-order valence-corrected chi connectivity index (χ3v) is 4.24. The van der Waals surface area contributed by atoms with Crippen LogP contribution in [0.25, 0.3) is 0 Å². The first-order chi connectivity index (χ1) is 8.63. The highest BCUT2D eigenvalue weighted by atomic mass is 79.9. The Morgan fingerprint density at radius 1 is 1.50 bits per heavy atom. The molecular formula is C10H9BrN4OS2. The van der Waals surface area contributed by atoms with Gasteiger partial charge in [-0.3, -0.25) is 4.79 Å². The Morgan fingerprint density at radius 3 is 3.00 bits per heavy atom. The standard InChI is InChI=1S/C10H9BrN4OS2/c11-6-2-1-3-7(4-6)13-8(16)5-17-10-15-14-9(12)18-10/h1-4H,5H2,(H2,12,14)(H,13,16). The van der Waals surface area contributed by atoms with Gasteiger partial charge < -0.3 is 11.1 Å². The Kier molecular flexibility index (Phi) is 4.56. The van der Waals surface area contributed by atoms with Gasteiger partial charge in [0, 0.05) is 10.2 Å². The van der Waals surface area contributed by atoms with E-state index in [9.17, 15) is 4.79 Å². The number of carbonyl (C=O) groups excluding carboxylic acids is 1. The van der Waals surface area contributed by atoms with Gasteiger partial charge >= 0.3 is 0 Å². The van der Waals surface area contributed by atoms with Crippen LogP contribution in [0.1, 0.15) is 0 Å². The number of hydrogen-bond acceptors (Lipinski definition) is 6. The molecule has 1 aromatic heterocycles. The van der Waals surface area contributed by atoms with Gasteiger partial charge in [-0.25, -0.2) is 0 Å². The first kappa shape index (κ1) is 13.3. The van der Waals surface area contributed by atoms with Crippen LogP contribution in [0.4, 0.5) is 10.8 Å². The number of rotatable bonds is 4. The van der Waals surface area contributed by atoms with Crippen LogP contribution in [0, 0.1) is 0 Å². The lowest BCUT2D eigenvalue weighted by Crippen LogP contribution is -2.13. The second-order valence-electron chi connectivity index (χ2n) is 3.25. The fraction of sp³-hybridized carbons (Fsp3) is 0.100. The molecule has 94 valence electrons. The molecule has 18 heavy (non-hydrogen) atoms. The smallest absolute Gasteiger partial charge is 0.234 e. The Labute approximate surface area is 120 Å². The van der Waals surface area contributed by atoms with Crippen LogP contribution in [-0.4, -0.2) is 21.9 Å². The first-order valence-corrected chi connectivity index (χ1v) is 7.50. The molecule has 1 heterocycles. The third kappa shape index (κ3) is 3.97. The summed E-state index contributed by atoms with van der Waals surface area (Å²) in [6.45, 7) is 0.